The maximum Gasteiger partial charge on any atom is 0.233 e. The molecule has 78 valence electrons. The molecule has 0 heterocycles. The molecule has 5 nitrogen and oxygen atoms in total. The summed E-state index contributed by atoms with van der Waals surface area (Å²) in [7, 11) is 3.99. The number of guanidine groups is 1. The van der Waals surface area contributed by atoms with E-state index in [1.165, 1.54) is 0 Å². The summed E-state index contributed by atoms with van der Waals surface area (Å²) >= 11 is 0. The van der Waals surface area contributed by atoms with Crippen LogP contribution in [0, 0.1) is 0 Å². The molecule has 0 aromatic rings. The highest BCUT2D eigenvalue weighted by atomic mass is 16.4. The molecule has 5 heteroatoms. The number of hydrogen-bond donors (Lipinski definition) is 2. The second kappa shape index (κ2) is 6.54. The van der Waals surface area contributed by atoms with Gasteiger partial charge in [-0.1, -0.05) is 12.1 Å². The van der Waals surface area contributed by atoms with Crippen molar-refractivity contribution in [2.75, 3.05) is 33.7 Å². The van der Waals surface area contributed by atoms with Crippen LogP contribution in [0.2, 0.25) is 0 Å². The number of likely N-dealkylation sites (N-methyl/N-ethyl adjacent to an activating group) is 1. The smallest absolute Gasteiger partial charge is 0.233 e. The molecule has 0 aromatic heterocycles. The van der Waals surface area contributed by atoms with Gasteiger partial charge in [-0.25, -0.2) is 0 Å². The van der Waals surface area contributed by atoms with Gasteiger partial charge in [-0.15, -0.1) is 0 Å². The first-order valence-electron chi connectivity index (χ1n) is 4.49. The van der Waals surface area contributed by atoms with Crippen molar-refractivity contribution < 1.29 is 5.21 Å². The van der Waals surface area contributed by atoms with Gasteiger partial charge in [0.15, 0.2) is 0 Å². The van der Waals surface area contributed by atoms with Crippen LogP contribution in [-0.4, -0.2) is 54.7 Å². The van der Waals surface area contributed by atoms with Crippen molar-refractivity contribution in [3.8, 4) is 0 Å². The highest BCUT2D eigenvalue weighted by Crippen LogP contribution is 1.91. The van der Waals surface area contributed by atoms with Crippen LogP contribution in [0.3, 0.4) is 0 Å². The second-order valence-electron chi connectivity index (χ2n) is 3.25. The third-order valence-electron chi connectivity index (χ3n) is 1.74. The highest BCUT2D eigenvalue weighted by Gasteiger charge is 2.06. The van der Waals surface area contributed by atoms with Crippen LogP contribution in [0.25, 0.3) is 0 Å². The molecule has 0 bridgehead atoms. The normalized spacial score (nSPS) is 12.2. The van der Waals surface area contributed by atoms with Gasteiger partial charge in [-0.3, -0.25) is 0 Å². The van der Waals surface area contributed by atoms with Gasteiger partial charge in [0.25, 0.3) is 0 Å². The molecule has 0 amide bonds. The molecule has 0 radical (unpaired) electrons. The summed E-state index contributed by atoms with van der Waals surface area (Å²) in [6.07, 6.45) is 0.990. The van der Waals surface area contributed by atoms with Crippen molar-refractivity contribution in [2.45, 2.75) is 13.3 Å². The second-order valence-corrected chi connectivity index (χ2v) is 3.25. The van der Waals surface area contributed by atoms with Crippen molar-refractivity contribution in [1.29, 1.82) is 0 Å². The first-order chi connectivity index (χ1) is 6.11. The lowest BCUT2D eigenvalue weighted by molar-refractivity contribution is 0.284. The first-order valence-corrected chi connectivity index (χ1v) is 4.49. The Bertz CT molecular complexity index is 158. The van der Waals surface area contributed by atoms with E-state index in [-0.39, 0.29) is 5.96 Å². The van der Waals surface area contributed by atoms with Gasteiger partial charge < -0.3 is 20.7 Å². The maximum absolute atomic E-state index is 8.50. The highest BCUT2D eigenvalue weighted by molar-refractivity contribution is 5.77. The standard InChI is InChI=1S/C8H20N4O/c1-4-5-12(8(9)10-13)7-6-11(2)3/h13H,4-7H2,1-3H3,(H2,9,10). The molecule has 0 aliphatic rings. The molecule has 0 aliphatic heterocycles. The molecule has 13 heavy (non-hydrogen) atoms. The van der Waals surface area contributed by atoms with Gasteiger partial charge in [-0.2, -0.15) is 0 Å². The zero-order chi connectivity index (χ0) is 10.3. The Morgan fingerprint density at radius 1 is 1.31 bits per heavy atom. The van der Waals surface area contributed by atoms with Gasteiger partial charge in [0.2, 0.25) is 5.96 Å². The fourth-order valence-electron chi connectivity index (χ4n) is 0.995. The van der Waals surface area contributed by atoms with Crippen LogP contribution in [0.4, 0.5) is 0 Å². The SMILES string of the molecule is CCCN(CCN(C)C)C(N)=NO. The summed E-state index contributed by atoms with van der Waals surface area (Å²) in [6.45, 7) is 4.57. The molecule has 0 saturated carbocycles. The number of oxime groups is 1. The lowest BCUT2D eigenvalue weighted by atomic mass is 10.4. The Morgan fingerprint density at radius 3 is 2.31 bits per heavy atom. The third-order valence-corrected chi connectivity index (χ3v) is 1.74. The van der Waals surface area contributed by atoms with E-state index in [2.05, 4.69) is 17.0 Å². The van der Waals surface area contributed by atoms with E-state index in [0.717, 1.165) is 26.1 Å². The van der Waals surface area contributed by atoms with E-state index in [1.807, 2.05) is 19.0 Å². The van der Waals surface area contributed by atoms with Crippen molar-refractivity contribution in [1.82, 2.24) is 9.80 Å². The Hall–Kier alpha value is -0.970. The first kappa shape index (κ1) is 12.0. The Balaban J connectivity index is 3.94. The van der Waals surface area contributed by atoms with Crippen molar-refractivity contribution in [3.63, 3.8) is 0 Å². The largest absolute Gasteiger partial charge is 0.408 e. The number of rotatable bonds is 5. The molecule has 3 N–H and O–H groups in total. The van der Waals surface area contributed by atoms with Crippen molar-refractivity contribution in [2.24, 2.45) is 10.9 Å². The van der Waals surface area contributed by atoms with E-state index < -0.39 is 0 Å². The number of nitrogens with two attached hydrogens (primary N) is 1. The van der Waals surface area contributed by atoms with E-state index in [1.54, 1.807) is 0 Å². The lowest BCUT2D eigenvalue weighted by Gasteiger charge is -2.23. The molecule has 0 fully saturated rings. The van der Waals surface area contributed by atoms with E-state index in [4.69, 9.17) is 10.9 Å². The summed E-state index contributed by atoms with van der Waals surface area (Å²) < 4.78 is 0. The third kappa shape index (κ3) is 5.30. The zero-order valence-corrected chi connectivity index (χ0v) is 8.69. The summed E-state index contributed by atoms with van der Waals surface area (Å²) in [4.78, 5) is 3.92. The molecule has 0 rings (SSSR count). The quantitative estimate of drug-likeness (QED) is 0.275. The molecule has 0 spiro atoms. The lowest BCUT2D eigenvalue weighted by Crippen LogP contribution is -2.41. The molecular formula is C8H20N4O. The summed E-state index contributed by atoms with van der Waals surface area (Å²) in [5.74, 6) is 0.198. The number of nitrogens with zero attached hydrogens (tertiary/aromatic N) is 3. The average Bonchev–Trinajstić information content (AvgIpc) is 2.10. The van der Waals surface area contributed by atoms with Gasteiger partial charge in [0, 0.05) is 19.6 Å². The molecule has 0 unspecified atom stereocenters. The minimum absolute atomic E-state index is 0.198. The Kier molecular flexibility index (Phi) is 6.05. The van der Waals surface area contributed by atoms with Crippen molar-refractivity contribution >= 4 is 5.96 Å². The fraction of sp³-hybridized carbons (Fsp3) is 0.875. The van der Waals surface area contributed by atoms with Gasteiger partial charge in [0.1, 0.15) is 0 Å². The summed E-state index contributed by atoms with van der Waals surface area (Å²) in [5, 5.41) is 11.5. The van der Waals surface area contributed by atoms with Crippen LogP contribution in [0.5, 0.6) is 0 Å². The monoisotopic (exact) mass is 188 g/mol. The fourth-order valence-corrected chi connectivity index (χ4v) is 0.995. The Labute approximate surface area is 79.8 Å². The van der Waals surface area contributed by atoms with Gasteiger partial charge >= 0.3 is 0 Å². The molecule has 0 atom stereocenters. The minimum atomic E-state index is 0.198. The van der Waals surface area contributed by atoms with E-state index in [0.29, 0.717) is 0 Å². The maximum atomic E-state index is 8.50. The van der Waals surface area contributed by atoms with Crippen molar-refractivity contribution in [3.05, 3.63) is 0 Å². The van der Waals surface area contributed by atoms with Gasteiger partial charge in [-0.05, 0) is 20.5 Å². The summed E-state index contributed by atoms with van der Waals surface area (Å²) in [5.41, 5.74) is 5.50. The predicted octanol–water partition coefficient (Wildman–Crippen LogP) is -0.0361. The van der Waals surface area contributed by atoms with Crippen LogP contribution < -0.4 is 5.73 Å². The molecule has 0 aliphatic carbocycles. The van der Waals surface area contributed by atoms with E-state index >= 15 is 0 Å². The van der Waals surface area contributed by atoms with Crippen LogP contribution >= 0.6 is 0 Å². The molecule has 0 saturated heterocycles. The topological polar surface area (TPSA) is 65.1 Å². The average molecular weight is 188 g/mol. The van der Waals surface area contributed by atoms with Crippen LogP contribution in [-0.2, 0) is 0 Å². The molecule has 0 aromatic carbocycles. The molecular weight excluding hydrogens is 168 g/mol. The van der Waals surface area contributed by atoms with Crippen LogP contribution in [0.1, 0.15) is 13.3 Å². The summed E-state index contributed by atoms with van der Waals surface area (Å²) in [6, 6.07) is 0. The predicted molar refractivity (Wildman–Crippen MR) is 53.8 cm³/mol. The number of hydrogen-bond acceptors (Lipinski definition) is 3. The van der Waals surface area contributed by atoms with E-state index in [9.17, 15) is 0 Å². The minimum Gasteiger partial charge on any atom is -0.408 e. The Morgan fingerprint density at radius 2 is 1.92 bits per heavy atom. The van der Waals surface area contributed by atoms with Gasteiger partial charge in [0.05, 0.1) is 0 Å². The van der Waals surface area contributed by atoms with Crippen LogP contribution in [0.15, 0.2) is 5.16 Å². The zero-order valence-electron chi connectivity index (χ0n) is 8.69.